The SMILES string of the molecule is O=C(NCC1CC(O)CN1Cc1ccccc1)c1ccc(F)c(F)c1. The van der Waals surface area contributed by atoms with E-state index in [0.717, 1.165) is 17.7 Å². The number of amides is 1. The van der Waals surface area contributed by atoms with Crippen molar-refractivity contribution in [3.8, 4) is 0 Å². The van der Waals surface area contributed by atoms with E-state index in [2.05, 4.69) is 10.2 Å². The lowest BCUT2D eigenvalue weighted by molar-refractivity contribution is 0.0939. The second-order valence-electron chi connectivity index (χ2n) is 6.30. The summed E-state index contributed by atoms with van der Waals surface area (Å²) in [6, 6.07) is 13.0. The molecule has 0 aromatic heterocycles. The molecule has 0 aliphatic carbocycles. The normalized spacial score (nSPS) is 20.6. The van der Waals surface area contributed by atoms with Crippen LogP contribution in [0.25, 0.3) is 0 Å². The van der Waals surface area contributed by atoms with Crippen LogP contribution in [-0.2, 0) is 6.54 Å². The third kappa shape index (κ3) is 4.41. The molecule has 4 nitrogen and oxygen atoms in total. The van der Waals surface area contributed by atoms with Gasteiger partial charge in [0.1, 0.15) is 0 Å². The van der Waals surface area contributed by atoms with Crippen molar-refractivity contribution in [1.29, 1.82) is 0 Å². The molecule has 2 aromatic rings. The first-order valence-corrected chi connectivity index (χ1v) is 8.22. The van der Waals surface area contributed by atoms with Gasteiger partial charge in [-0.1, -0.05) is 30.3 Å². The van der Waals surface area contributed by atoms with E-state index < -0.39 is 23.6 Å². The monoisotopic (exact) mass is 346 g/mol. The van der Waals surface area contributed by atoms with E-state index in [0.29, 0.717) is 26.1 Å². The molecule has 132 valence electrons. The molecule has 6 heteroatoms. The molecule has 3 rings (SSSR count). The van der Waals surface area contributed by atoms with Crippen LogP contribution >= 0.6 is 0 Å². The van der Waals surface area contributed by atoms with Gasteiger partial charge in [-0.15, -0.1) is 0 Å². The maximum Gasteiger partial charge on any atom is 0.251 e. The Morgan fingerprint density at radius 3 is 2.64 bits per heavy atom. The van der Waals surface area contributed by atoms with Gasteiger partial charge in [-0.3, -0.25) is 9.69 Å². The van der Waals surface area contributed by atoms with Crippen LogP contribution in [0.5, 0.6) is 0 Å². The molecule has 1 aliphatic heterocycles. The van der Waals surface area contributed by atoms with E-state index in [-0.39, 0.29) is 11.6 Å². The van der Waals surface area contributed by atoms with Crippen LogP contribution in [0.4, 0.5) is 8.78 Å². The van der Waals surface area contributed by atoms with Crippen molar-refractivity contribution in [2.75, 3.05) is 13.1 Å². The van der Waals surface area contributed by atoms with Crippen molar-refractivity contribution in [3.63, 3.8) is 0 Å². The van der Waals surface area contributed by atoms with Gasteiger partial charge < -0.3 is 10.4 Å². The smallest absolute Gasteiger partial charge is 0.251 e. The second-order valence-corrected chi connectivity index (χ2v) is 6.30. The fourth-order valence-electron chi connectivity index (χ4n) is 3.13. The van der Waals surface area contributed by atoms with Crippen molar-refractivity contribution in [1.82, 2.24) is 10.2 Å². The zero-order valence-electron chi connectivity index (χ0n) is 13.7. The highest BCUT2D eigenvalue weighted by atomic mass is 19.2. The summed E-state index contributed by atoms with van der Waals surface area (Å²) < 4.78 is 26.2. The fourth-order valence-corrected chi connectivity index (χ4v) is 3.13. The molecule has 0 spiro atoms. The van der Waals surface area contributed by atoms with E-state index in [1.807, 2.05) is 30.3 Å². The van der Waals surface area contributed by atoms with E-state index in [1.165, 1.54) is 6.07 Å². The fraction of sp³-hybridized carbons (Fsp3) is 0.316. The average molecular weight is 346 g/mol. The Labute approximate surface area is 145 Å². The van der Waals surface area contributed by atoms with Crippen molar-refractivity contribution in [2.24, 2.45) is 0 Å². The predicted octanol–water partition coefficient (Wildman–Crippen LogP) is 2.33. The zero-order valence-corrected chi connectivity index (χ0v) is 13.7. The Morgan fingerprint density at radius 2 is 1.92 bits per heavy atom. The number of hydrogen-bond acceptors (Lipinski definition) is 3. The van der Waals surface area contributed by atoms with Crippen LogP contribution in [0.15, 0.2) is 48.5 Å². The summed E-state index contributed by atoms with van der Waals surface area (Å²) in [5.74, 6) is -2.49. The molecule has 2 aromatic carbocycles. The number of nitrogens with zero attached hydrogens (tertiary/aromatic N) is 1. The van der Waals surface area contributed by atoms with Crippen molar-refractivity contribution in [3.05, 3.63) is 71.3 Å². The molecule has 0 radical (unpaired) electrons. The lowest BCUT2D eigenvalue weighted by Gasteiger charge is -2.24. The minimum atomic E-state index is -1.05. The summed E-state index contributed by atoms with van der Waals surface area (Å²) in [6.45, 7) is 1.56. The lowest BCUT2D eigenvalue weighted by Crippen LogP contribution is -2.39. The molecule has 1 fully saturated rings. The Bertz CT molecular complexity index is 739. The number of aliphatic hydroxyl groups is 1. The summed E-state index contributed by atoms with van der Waals surface area (Å²) in [4.78, 5) is 14.2. The van der Waals surface area contributed by atoms with Gasteiger partial charge in [0, 0.05) is 31.2 Å². The van der Waals surface area contributed by atoms with Crippen molar-refractivity contribution < 1.29 is 18.7 Å². The Kier molecular flexibility index (Phi) is 5.40. The number of halogens is 2. The number of likely N-dealkylation sites (tertiary alicyclic amines) is 1. The standard InChI is InChI=1S/C19H20F2N2O2/c20-17-7-6-14(8-18(17)21)19(25)22-10-15-9-16(24)12-23(15)11-13-4-2-1-3-5-13/h1-8,15-16,24H,9-12H2,(H,22,25). The largest absolute Gasteiger partial charge is 0.392 e. The quantitative estimate of drug-likeness (QED) is 0.874. The molecule has 0 saturated carbocycles. The third-order valence-corrected chi connectivity index (χ3v) is 4.41. The van der Waals surface area contributed by atoms with Gasteiger partial charge in [-0.05, 0) is 30.2 Å². The number of hydrogen-bond donors (Lipinski definition) is 2. The third-order valence-electron chi connectivity index (χ3n) is 4.41. The molecular weight excluding hydrogens is 326 g/mol. The van der Waals surface area contributed by atoms with Gasteiger partial charge in [0.2, 0.25) is 0 Å². The van der Waals surface area contributed by atoms with Gasteiger partial charge in [0.25, 0.3) is 5.91 Å². The molecule has 0 bridgehead atoms. The number of carbonyl (C=O) groups is 1. The van der Waals surface area contributed by atoms with E-state index in [9.17, 15) is 18.7 Å². The van der Waals surface area contributed by atoms with Crippen LogP contribution in [0.1, 0.15) is 22.3 Å². The van der Waals surface area contributed by atoms with Crippen LogP contribution in [0.3, 0.4) is 0 Å². The van der Waals surface area contributed by atoms with Crippen molar-refractivity contribution in [2.45, 2.75) is 25.1 Å². The lowest BCUT2D eigenvalue weighted by atomic mass is 10.1. The minimum absolute atomic E-state index is 0.00977. The molecule has 2 atom stereocenters. The minimum Gasteiger partial charge on any atom is -0.392 e. The Balaban J connectivity index is 1.60. The van der Waals surface area contributed by atoms with E-state index in [4.69, 9.17) is 0 Å². The number of aliphatic hydroxyl groups excluding tert-OH is 1. The van der Waals surface area contributed by atoms with Crippen LogP contribution < -0.4 is 5.32 Å². The summed E-state index contributed by atoms with van der Waals surface area (Å²) in [5, 5.41) is 12.7. The molecule has 25 heavy (non-hydrogen) atoms. The molecular formula is C19H20F2N2O2. The Hall–Kier alpha value is -2.31. The zero-order chi connectivity index (χ0) is 17.8. The van der Waals surface area contributed by atoms with Gasteiger partial charge in [-0.2, -0.15) is 0 Å². The highest BCUT2D eigenvalue weighted by Gasteiger charge is 2.31. The van der Waals surface area contributed by atoms with Crippen LogP contribution in [0.2, 0.25) is 0 Å². The highest BCUT2D eigenvalue weighted by molar-refractivity contribution is 5.94. The molecule has 1 heterocycles. The summed E-state index contributed by atoms with van der Waals surface area (Å²) >= 11 is 0. The maximum absolute atomic E-state index is 13.2. The Morgan fingerprint density at radius 1 is 1.16 bits per heavy atom. The molecule has 1 aliphatic rings. The topological polar surface area (TPSA) is 52.6 Å². The van der Waals surface area contributed by atoms with Crippen LogP contribution in [-0.4, -0.2) is 41.1 Å². The second kappa shape index (κ2) is 7.72. The van der Waals surface area contributed by atoms with Crippen molar-refractivity contribution >= 4 is 5.91 Å². The summed E-state index contributed by atoms with van der Waals surface area (Å²) in [7, 11) is 0. The average Bonchev–Trinajstić information content (AvgIpc) is 2.95. The summed E-state index contributed by atoms with van der Waals surface area (Å²) in [5.41, 5.74) is 1.21. The molecule has 2 unspecified atom stereocenters. The predicted molar refractivity (Wildman–Crippen MR) is 90.0 cm³/mol. The van der Waals surface area contributed by atoms with Crippen LogP contribution in [0, 0.1) is 11.6 Å². The van der Waals surface area contributed by atoms with Gasteiger partial charge >= 0.3 is 0 Å². The van der Waals surface area contributed by atoms with Gasteiger partial charge in [0.05, 0.1) is 6.10 Å². The number of β-amino-alcohol motifs (C(OH)–C–C–N with tert-alkyl or cyclic N) is 1. The van der Waals surface area contributed by atoms with Gasteiger partial charge in [0.15, 0.2) is 11.6 Å². The first-order valence-electron chi connectivity index (χ1n) is 8.22. The molecule has 1 amide bonds. The first kappa shape index (κ1) is 17.5. The van der Waals surface area contributed by atoms with E-state index >= 15 is 0 Å². The highest BCUT2D eigenvalue weighted by Crippen LogP contribution is 2.20. The number of rotatable bonds is 5. The number of nitrogens with one attached hydrogen (secondary N) is 1. The molecule has 2 N–H and O–H groups in total. The number of carbonyl (C=O) groups excluding carboxylic acids is 1. The van der Waals surface area contributed by atoms with E-state index in [1.54, 1.807) is 0 Å². The van der Waals surface area contributed by atoms with Gasteiger partial charge in [-0.25, -0.2) is 8.78 Å². The maximum atomic E-state index is 13.2. The number of benzene rings is 2. The molecule has 1 saturated heterocycles. The summed E-state index contributed by atoms with van der Waals surface area (Å²) in [6.07, 6.45) is 0.124. The first-order chi connectivity index (χ1) is 12.0.